The van der Waals surface area contributed by atoms with Gasteiger partial charge < -0.3 is 0 Å². The molecule has 0 heterocycles. The highest BCUT2D eigenvalue weighted by atomic mass is 35.5. The van der Waals surface area contributed by atoms with Crippen LogP contribution in [-0.4, -0.2) is 5.38 Å². The molecule has 1 heteroatoms. The molecule has 0 aromatic heterocycles. The molecule has 0 aliphatic heterocycles. The van der Waals surface area contributed by atoms with Crippen molar-refractivity contribution in [2.75, 3.05) is 0 Å². The van der Waals surface area contributed by atoms with Gasteiger partial charge in [0.25, 0.3) is 0 Å². The van der Waals surface area contributed by atoms with Crippen LogP contribution in [0.2, 0.25) is 0 Å². The summed E-state index contributed by atoms with van der Waals surface area (Å²) in [5.41, 5.74) is 0. The SMILES string of the molecule is CCCC1CC(C)CC[C@@H]1CC(C)Cl. The Morgan fingerprint density at radius 3 is 2.57 bits per heavy atom. The molecular weight excluding hydrogens is 192 g/mol. The molecule has 1 fully saturated rings. The molecule has 1 aliphatic rings. The Morgan fingerprint density at radius 2 is 2.00 bits per heavy atom. The number of rotatable bonds is 4. The Hall–Kier alpha value is 0.290. The van der Waals surface area contributed by atoms with Gasteiger partial charge in [-0.05, 0) is 43.9 Å². The van der Waals surface area contributed by atoms with Crippen molar-refractivity contribution < 1.29 is 0 Å². The lowest BCUT2D eigenvalue weighted by atomic mass is 9.71. The van der Waals surface area contributed by atoms with E-state index in [1.54, 1.807) is 0 Å². The Balaban J connectivity index is 2.44. The van der Waals surface area contributed by atoms with Crippen molar-refractivity contribution in [2.24, 2.45) is 17.8 Å². The van der Waals surface area contributed by atoms with Gasteiger partial charge in [0, 0.05) is 5.38 Å². The van der Waals surface area contributed by atoms with E-state index in [0.29, 0.717) is 5.38 Å². The van der Waals surface area contributed by atoms with E-state index in [-0.39, 0.29) is 0 Å². The van der Waals surface area contributed by atoms with Gasteiger partial charge in [-0.2, -0.15) is 0 Å². The quantitative estimate of drug-likeness (QED) is 0.589. The summed E-state index contributed by atoms with van der Waals surface area (Å²) in [4.78, 5) is 0. The predicted molar refractivity (Wildman–Crippen MR) is 64.8 cm³/mol. The Bertz CT molecular complexity index is 151. The summed E-state index contributed by atoms with van der Waals surface area (Å²) < 4.78 is 0. The maximum absolute atomic E-state index is 6.11. The van der Waals surface area contributed by atoms with Crippen molar-refractivity contribution in [3.63, 3.8) is 0 Å². The largest absolute Gasteiger partial charge is 0.123 e. The van der Waals surface area contributed by atoms with Gasteiger partial charge in [-0.25, -0.2) is 0 Å². The minimum atomic E-state index is 0.368. The van der Waals surface area contributed by atoms with Crippen molar-refractivity contribution in [1.29, 1.82) is 0 Å². The second-order valence-electron chi connectivity index (χ2n) is 5.24. The molecule has 0 nitrogen and oxygen atoms in total. The van der Waals surface area contributed by atoms with Crippen LogP contribution in [0.4, 0.5) is 0 Å². The van der Waals surface area contributed by atoms with Gasteiger partial charge in [-0.3, -0.25) is 0 Å². The van der Waals surface area contributed by atoms with Gasteiger partial charge in [0.2, 0.25) is 0 Å². The summed E-state index contributed by atoms with van der Waals surface area (Å²) in [5.74, 6) is 2.83. The molecule has 0 aromatic carbocycles. The molecule has 0 N–H and O–H groups in total. The molecule has 1 aliphatic carbocycles. The number of alkyl halides is 1. The first kappa shape index (κ1) is 12.4. The van der Waals surface area contributed by atoms with Crippen LogP contribution in [0.15, 0.2) is 0 Å². The van der Waals surface area contributed by atoms with Crippen molar-refractivity contribution in [3.05, 3.63) is 0 Å². The molecule has 1 rings (SSSR count). The summed E-state index contributed by atoms with van der Waals surface area (Å²) >= 11 is 6.11. The summed E-state index contributed by atoms with van der Waals surface area (Å²) in [7, 11) is 0. The normalized spacial score (nSPS) is 35.6. The van der Waals surface area contributed by atoms with E-state index < -0.39 is 0 Å². The maximum Gasteiger partial charge on any atom is 0.0310 e. The number of hydrogen-bond acceptors (Lipinski definition) is 0. The summed E-state index contributed by atoms with van der Waals surface area (Å²) in [6.45, 7) is 6.85. The lowest BCUT2D eigenvalue weighted by molar-refractivity contribution is 0.168. The summed E-state index contributed by atoms with van der Waals surface area (Å²) in [5, 5.41) is 0.368. The first-order valence-electron chi connectivity index (χ1n) is 6.27. The molecular formula is C13H25Cl. The number of halogens is 1. The van der Waals surface area contributed by atoms with Gasteiger partial charge >= 0.3 is 0 Å². The zero-order chi connectivity index (χ0) is 10.6. The third-order valence-corrected chi connectivity index (χ3v) is 3.87. The molecule has 0 spiro atoms. The van der Waals surface area contributed by atoms with Crippen LogP contribution in [0.5, 0.6) is 0 Å². The van der Waals surface area contributed by atoms with E-state index in [4.69, 9.17) is 11.6 Å². The molecule has 0 saturated heterocycles. The van der Waals surface area contributed by atoms with E-state index in [0.717, 1.165) is 17.8 Å². The Kier molecular flexibility index (Phi) is 5.30. The monoisotopic (exact) mass is 216 g/mol. The van der Waals surface area contributed by atoms with Gasteiger partial charge in [0.15, 0.2) is 0 Å². The first-order valence-corrected chi connectivity index (χ1v) is 6.71. The average Bonchev–Trinajstić information content (AvgIpc) is 2.09. The van der Waals surface area contributed by atoms with Crippen LogP contribution in [0.1, 0.15) is 59.3 Å². The molecule has 0 amide bonds. The van der Waals surface area contributed by atoms with Crippen LogP contribution in [0.3, 0.4) is 0 Å². The second kappa shape index (κ2) is 6.00. The molecule has 4 atom stereocenters. The van der Waals surface area contributed by atoms with Crippen LogP contribution >= 0.6 is 11.6 Å². The molecule has 0 bridgehead atoms. The predicted octanol–water partition coefficient (Wildman–Crippen LogP) is 4.86. The molecule has 0 radical (unpaired) electrons. The minimum Gasteiger partial charge on any atom is -0.123 e. The van der Waals surface area contributed by atoms with E-state index >= 15 is 0 Å². The molecule has 84 valence electrons. The highest BCUT2D eigenvalue weighted by Gasteiger charge is 2.28. The lowest BCUT2D eigenvalue weighted by Crippen LogP contribution is -2.25. The summed E-state index contributed by atoms with van der Waals surface area (Å²) in [6, 6.07) is 0. The van der Waals surface area contributed by atoms with Gasteiger partial charge in [-0.15, -0.1) is 11.6 Å². The highest BCUT2D eigenvalue weighted by molar-refractivity contribution is 6.20. The molecule has 0 aromatic rings. The van der Waals surface area contributed by atoms with E-state index in [1.165, 1.54) is 38.5 Å². The fourth-order valence-corrected chi connectivity index (χ4v) is 3.24. The fourth-order valence-electron chi connectivity index (χ4n) is 3.01. The van der Waals surface area contributed by atoms with Crippen molar-refractivity contribution in [1.82, 2.24) is 0 Å². The fraction of sp³-hybridized carbons (Fsp3) is 1.00. The van der Waals surface area contributed by atoms with Gasteiger partial charge in [0.05, 0.1) is 0 Å². The topological polar surface area (TPSA) is 0 Å². The zero-order valence-electron chi connectivity index (χ0n) is 9.93. The molecule has 3 unspecified atom stereocenters. The van der Waals surface area contributed by atoms with E-state index in [9.17, 15) is 0 Å². The maximum atomic E-state index is 6.11. The van der Waals surface area contributed by atoms with E-state index in [2.05, 4.69) is 20.8 Å². The smallest absolute Gasteiger partial charge is 0.0310 e. The third-order valence-electron chi connectivity index (χ3n) is 3.69. The Morgan fingerprint density at radius 1 is 1.29 bits per heavy atom. The average molecular weight is 217 g/mol. The Labute approximate surface area is 94.4 Å². The van der Waals surface area contributed by atoms with Crippen molar-refractivity contribution >= 4 is 11.6 Å². The molecule has 1 saturated carbocycles. The molecule has 14 heavy (non-hydrogen) atoms. The second-order valence-corrected chi connectivity index (χ2v) is 5.99. The third kappa shape index (κ3) is 3.81. The van der Waals surface area contributed by atoms with Crippen LogP contribution in [0, 0.1) is 17.8 Å². The van der Waals surface area contributed by atoms with Crippen LogP contribution < -0.4 is 0 Å². The number of hydrogen-bond donors (Lipinski definition) is 0. The first-order chi connectivity index (χ1) is 6.63. The standard InChI is InChI=1S/C13H25Cl/c1-4-5-12-8-10(2)6-7-13(12)9-11(3)14/h10-13H,4-9H2,1-3H3/t10?,11?,12?,13-/m1/s1. The van der Waals surface area contributed by atoms with Gasteiger partial charge in [-0.1, -0.05) is 33.1 Å². The summed E-state index contributed by atoms with van der Waals surface area (Å²) in [6.07, 6.45) is 8.28. The zero-order valence-corrected chi connectivity index (χ0v) is 10.7. The van der Waals surface area contributed by atoms with Crippen molar-refractivity contribution in [2.45, 2.75) is 64.7 Å². The highest BCUT2D eigenvalue weighted by Crippen LogP contribution is 2.39. The van der Waals surface area contributed by atoms with Crippen molar-refractivity contribution in [3.8, 4) is 0 Å². The lowest BCUT2D eigenvalue weighted by Gasteiger charge is -2.35. The van der Waals surface area contributed by atoms with Crippen LogP contribution in [0.25, 0.3) is 0 Å². The van der Waals surface area contributed by atoms with Crippen LogP contribution in [-0.2, 0) is 0 Å². The van der Waals surface area contributed by atoms with E-state index in [1.807, 2.05) is 0 Å². The minimum absolute atomic E-state index is 0.368. The van der Waals surface area contributed by atoms with Gasteiger partial charge in [0.1, 0.15) is 0 Å².